The molecule has 0 saturated heterocycles. The van der Waals surface area contributed by atoms with Crippen LogP contribution in [-0.4, -0.2) is 16.2 Å². The molecule has 0 radical (unpaired) electrons. The molecule has 0 aliphatic heterocycles. The van der Waals surface area contributed by atoms with Crippen molar-refractivity contribution in [2.75, 3.05) is 0 Å². The number of nitrogens with one attached hydrogen (secondary N) is 1. The predicted octanol–water partition coefficient (Wildman–Crippen LogP) is 2.55. The van der Waals surface area contributed by atoms with E-state index in [-0.39, 0.29) is 5.82 Å². The maximum Gasteiger partial charge on any atom is 0.223 e. The zero-order valence-electron chi connectivity index (χ0n) is 10.8. The fraction of sp³-hybridized carbons (Fsp3) is 0.429. The van der Waals surface area contributed by atoms with Gasteiger partial charge >= 0.3 is 0 Å². The number of benzene rings is 1. The van der Waals surface area contributed by atoms with Gasteiger partial charge in [-0.1, -0.05) is 17.3 Å². The molecule has 0 bridgehead atoms. The van der Waals surface area contributed by atoms with Crippen molar-refractivity contribution in [1.82, 2.24) is 15.5 Å². The van der Waals surface area contributed by atoms with E-state index in [9.17, 15) is 4.39 Å². The molecule has 0 atom stereocenters. The van der Waals surface area contributed by atoms with E-state index in [1.54, 1.807) is 6.92 Å². The van der Waals surface area contributed by atoms with E-state index in [1.807, 2.05) is 12.1 Å². The SMILES string of the molecule is Cc1nc(CNC2CC(c3ccc(F)cc3)C2)no1. The van der Waals surface area contributed by atoms with Crippen LogP contribution < -0.4 is 5.32 Å². The summed E-state index contributed by atoms with van der Waals surface area (Å²) in [5, 5.41) is 7.24. The second kappa shape index (κ2) is 5.09. The highest BCUT2D eigenvalue weighted by Gasteiger charge is 2.29. The van der Waals surface area contributed by atoms with Crippen molar-refractivity contribution in [1.29, 1.82) is 0 Å². The van der Waals surface area contributed by atoms with Gasteiger partial charge in [-0.3, -0.25) is 0 Å². The number of nitrogens with zero attached hydrogens (tertiary/aromatic N) is 2. The van der Waals surface area contributed by atoms with E-state index in [4.69, 9.17) is 4.52 Å². The highest BCUT2D eigenvalue weighted by molar-refractivity contribution is 5.23. The minimum absolute atomic E-state index is 0.176. The molecule has 19 heavy (non-hydrogen) atoms. The number of hydrogen-bond acceptors (Lipinski definition) is 4. The fourth-order valence-electron chi connectivity index (χ4n) is 2.44. The van der Waals surface area contributed by atoms with Crippen molar-refractivity contribution in [2.24, 2.45) is 0 Å². The van der Waals surface area contributed by atoms with Crippen LogP contribution in [-0.2, 0) is 6.54 Å². The Morgan fingerprint density at radius 2 is 2.05 bits per heavy atom. The monoisotopic (exact) mass is 261 g/mol. The number of aromatic nitrogens is 2. The summed E-state index contributed by atoms with van der Waals surface area (Å²) in [4.78, 5) is 4.15. The molecule has 3 rings (SSSR count). The third-order valence-corrected chi connectivity index (χ3v) is 3.60. The highest BCUT2D eigenvalue weighted by Crippen LogP contribution is 2.36. The zero-order chi connectivity index (χ0) is 13.2. The summed E-state index contributed by atoms with van der Waals surface area (Å²) in [5.41, 5.74) is 1.22. The van der Waals surface area contributed by atoms with Crippen molar-refractivity contribution in [3.05, 3.63) is 47.4 Å². The Morgan fingerprint density at radius 1 is 1.32 bits per heavy atom. The summed E-state index contributed by atoms with van der Waals surface area (Å²) in [6, 6.07) is 7.28. The molecule has 1 aromatic heterocycles. The van der Waals surface area contributed by atoms with Crippen LogP contribution in [0.4, 0.5) is 4.39 Å². The lowest BCUT2D eigenvalue weighted by atomic mass is 9.76. The van der Waals surface area contributed by atoms with Crippen LogP contribution in [0.25, 0.3) is 0 Å². The number of rotatable bonds is 4. The lowest BCUT2D eigenvalue weighted by molar-refractivity contribution is 0.285. The maximum atomic E-state index is 12.8. The molecule has 1 aliphatic carbocycles. The first kappa shape index (κ1) is 12.3. The van der Waals surface area contributed by atoms with Crippen molar-refractivity contribution in [3.63, 3.8) is 0 Å². The summed E-state index contributed by atoms with van der Waals surface area (Å²) in [6.45, 7) is 2.42. The number of aryl methyl sites for hydroxylation is 1. The van der Waals surface area contributed by atoms with Crippen molar-refractivity contribution in [2.45, 2.75) is 38.3 Å². The van der Waals surface area contributed by atoms with E-state index in [0.717, 1.165) is 12.8 Å². The molecule has 0 unspecified atom stereocenters. The molecule has 1 heterocycles. The quantitative estimate of drug-likeness (QED) is 0.919. The Bertz CT molecular complexity index is 546. The third kappa shape index (κ3) is 2.81. The van der Waals surface area contributed by atoms with E-state index in [2.05, 4.69) is 15.5 Å². The van der Waals surface area contributed by atoms with Gasteiger partial charge in [0.2, 0.25) is 5.89 Å². The van der Waals surface area contributed by atoms with Gasteiger partial charge in [-0.05, 0) is 36.5 Å². The molecule has 0 amide bonds. The lowest BCUT2D eigenvalue weighted by Gasteiger charge is -2.36. The smallest absolute Gasteiger partial charge is 0.223 e. The van der Waals surface area contributed by atoms with E-state index in [0.29, 0.717) is 30.2 Å². The van der Waals surface area contributed by atoms with Gasteiger partial charge in [0, 0.05) is 13.0 Å². The number of hydrogen-bond donors (Lipinski definition) is 1. The van der Waals surface area contributed by atoms with Crippen LogP contribution in [0.3, 0.4) is 0 Å². The van der Waals surface area contributed by atoms with E-state index < -0.39 is 0 Å². The van der Waals surface area contributed by atoms with Crippen LogP contribution in [0.15, 0.2) is 28.8 Å². The van der Waals surface area contributed by atoms with Gasteiger partial charge in [0.1, 0.15) is 5.82 Å². The Labute approximate surface area is 111 Å². The molecular weight excluding hydrogens is 245 g/mol. The minimum Gasteiger partial charge on any atom is -0.340 e. The molecule has 1 N–H and O–H groups in total. The first-order valence-electron chi connectivity index (χ1n) is 6.49. The molecule has 100 valence electrons. The van der Waals surface area contributed by atoms with Crippen molar-refractivity contribution in [3.8, 4) is 0 Å². The number of halogens is 1. The molecule has 1 fully saturated rings. The topological polar surface area (TPSA) is 51.0 Å². The summed E-state index contributed by atoms with van der Waals surface area (Å²) in [5.74, 6) is 1.65. The van der Waals surface area contributed by atoms with Crippen LogP contribution in [0.5, 0.6) is 0 Å². The van der Waals surface area contributed by atoms with E-state index in [1.165, 1.54) is 17.7 Å². The average Bonchev–Trinajstić information content (AvgIpc) is 2.75. The van der Waals surface area contributed by atoms with Crippen LogP contribution in [0.2, 0.25) is 0 Å². The summed E-state index contributed by atoms with van der Waals surface area (Å²) in [7, 11) is 0. The fourth-order valence-corrected chi connectivity index (χ4v) is 2.44. The molecule has 0 spiro atoms. The molecule has 1 saturated carbocycles. The Balaban J connectivity index is 1.46. The van der Waals surface area contributed by atoms with E-state index >= 15 is 0 Å². The zero-order valence-corrected chi connectivity index (χ0v) is 10.8. The molecule has 1 aromatic carbocycles. The van der Waals surface area contributed by atoms with Gasteiger partial charge in [-0.2, -0.15) is 4.98 Å². The molecular formula is C14H16FN3O. The summed E-state index contributed by atoms with van der Waals surface area (Å²) >= 11 is 0. The Hall–Kier alpha value is -1.75. The largest absolute Gasteiger partial charge is 0.340 e. The third-order valence-electron chi connectivity index (χ3n) is 3.60. The van der Waals surface area contributed by atoms with Gasteiger partial charge in [0.15, 0.2) is 5.82 Å². The predicted molar refractivity (Wildman–Crippen MR) is 68.0 cm³/mol. The second-order valence-electron chi connectivity index (χ2n) is 5.03. The Kier molecular flexibility index (Phi) is 3.29. The minimum atomic E-state index is -0.176. The lowest BCUT2D eigenvalue weighted by Crippen LogP contribution is -2.39. The Morgan fingerprint density at radius 3 is 2.68 bits per heavy atom. The van der Waals surface area contributed by atoms with Crippen LogP contribution in [0.1, 0.15) is 36.0 Å². The standard InChI is InChI=1S/C14H16FN3O/c1-9-17-14(18-19-9)8-16-13-6-11(7-13)10-2-4-12(15)5-3-10/h2-5,11,13,16H,6-8H2,1H3. The first-order valence-corrected chi connectivity index (χ1v) is 6.49. The molecule has 2 aromatic rings. The van der Waals surface area contributed by atoms with Gasteiger partial charge in [0.25, 0.3) is 0 Å². The van der Waals surface area contributed by atoms with Crippen LogP contribution in [0, 0.1) is 12.7 Å². The summed E-state index contributed by atoms with van der Waals surface area (Å²) < 4.78 is 17.7. The second-order valence-corrected chi connectivity index (χ2v) is 5.03. The first-order chi connectivity index (χ1) is 9.20. The van der Waals surface area contributed by atoms with Gasteiger partial charge < -0.3 is 9.84 Å². The average molecular weight is 261 g/mol. The maximum absolute atomic E-state index is 12.8. The molecule has 4 nitrogen and oxygen atoms in total. The van der Waals surface area contributed by atoms with Gasteiger partial charge in [-0.25, -0.2) is 4.39 Å². The van der Waals surface area contributed by atoms with Gasteiger partial charge in [0.05, 0.1) is 6.54 Å². The molecule has 5 heteroatoms. The van der Waals surface area contributed by atoms with Gasteiger partial charge in [-0.15, -0.1) is 0 Å². The molecule has 1 aliphatic rings. The highest BCUT2D eigenvalue weighted by atomic mass is 19.1. The normalized spacial score (nSPS) is 22.2. The van der Waals surface area contributed by atoms with Crippen molar-refractivity contribution < 1.29 is 8.91 Å². The van der Waals surface area contributed by atoms with Crippen LogP contribution >= 0.6 is 0 Å². The van der Waals surface area contributed by atoms with Crippen molar-refractivity contribution >= 4 is 0 Å². The summed E-state index contributed by atoms with van der Waals surface area (Å²) in [6.07, 6.45) is 2.14.